The van der Waals surface area contributed by atoms with Crippen LogP contribution in [0, 0.1) is 0 Å². The summed E-state index contributed by atoms with van der Waals surface area (Å²) < 4.78 is 0.979. The van der Waals surface area contributed by atoms with Gasteiger partial charge in [0.05, 0.1) is 11.2 Å². The highest BCUT2D eigenvalue weighted by molar-refractivity contribution is 6.30. The number of carbonyl (C=O) groups excluding carboxylic acids is 2. The number of aromatic nitrogens is 2. The molecule has 0 aliphatic heterocycles. The van der Waals surface area contributed by atoms with Crippen molar-refractivity contribution in [2.24, 2.45) is 0 Å². The van der Waals surface area contributed by atoms with Crippen molar-refractivity contribution in [1.82, 2.24) is 9.55 Å². The van der Waals surface area contributed by atoms with E-state index in [9.17, 15) is 14.4 Å². The Morgan fingerprint density at radius 1 is 0.880 bits per heavy atom. The van der Waals surface area contributed by atoms with Crippen molar-refractivity contribution in [3.8, 4) is 0 Å². The van der Waals surface area contributed by atoms with Crippen LogP contribution < -0.4 is 5.69 Å². The average molecular weight is 353 g/mol. The number of carbonyl (C=O) groups is 2. The highest BCUT2D eigenvalue weighted by Crippen LogP contribution is 2.20. The van der Waals surface area contributed by atoms with Crippen molar-refractivity contribution >= 4 is 23.2 Å². The minimum atomic E-state index is -1.37. The first kappa shape index (κ1) is 16.8. The molecular formula is C19H13ClN2O3. The Balaban J connectivity index is 2.15. The summed E-state index contributed by atoms with van der Waals surface area (Å²) in [5.74, 6) is -0.999. The molecule has 124 valence electrons. The summed E-state index contributed by atoms with van der Waals surface area (Å²) in [4.78, 5) is 41.7. The van der Waals surface area contributed by atoms with Gasteiger partial charge in [0, 0.05) is 17.3 Å². The van der Waals surface area contributed by atoms with Gasteiger partial charge in [-0.05, 0) is 0 Å². The van der Waals surface area contributed by atoms with Crippen LogP contribution in [0.5, 0.6) is 0 Å². The summed E-state index contributed by atoms with van der Waals surface area (Å²) in [5.41, 5.74) is -0.0738. The van der Waals surface area contributed by atoms with Gasteiger partial charge in [0.2, 0.25) is 0 Å². The van der Waals surface area contributed by atoms with Crippen molar-refractivity contribution in [2.45, 2.75) is 6.04 Å². The van der Waals surface area contributed by atoms with Gasteiger partial charge in [0.1, 0.15) is 0 Å². The quantitative estimate of drug-likeness (QED) is 0.522. The van der Waals surface area contributed by atoms with E-state index in [4.69, 9.17) is 11.6 Å². The van der Waals surface area contributed by atoms with Crippen LogP contribution in [0.15, 0.2) is 77.9 Å². The molecule has 1 aromatic heterocycles. The van der Waals surface area contributed by atoms with E-state index in [2.05, 4.69) is 4.98 Å². The molecule has 0 amide bonds. The fraction of sp³-hybridized carbons (Fsp3) is 0.0526. The fourth-order valence-corrected chi connectivity index (χ4v) is 2.64. The minimum Gasteiger partial charge on any atom is -0.291 e. The normalized spacial score (nSPS) is 10.6. The molecular weight excluding hydrogens is 340 g/mol. The number of nitrogens with zero attached hydrogens (tertiary/aromatic N) is 2. The van der Waals surface area contributed by atoms with Crippen LogP contribution in [0.1, 0.15) is 26.8 Å². The van der Waals surface area contributed by atoms with Gasteiger partial charge in [-0.25, -0.2) is 4.79 Å². The Morgan fingerprint density at radius 2 is 1.36 bits per heavy atom. The molecule has 3 rings (SSSR count). The molecule has 0 fully saturated rings. The number of hydrogen-bond acceptors (Lipinski definition) is 4. The third kappa shape index (κ3) is 3.56. The van der Waals surface area contributed by atoms with Gasteiger partial charge in [0.15, 0.2) is 17.6 Å². The average Bonchev–Trinajstić information content (AvgIpc) is 2.66. The number of ketones is 2. The number of benzene rings is 2. The molecule has 0 unspecified atom stereocenters. The third-order valence-corrected chi connectivity index (χ3v) is 3.87. The first-order valence-electron chi connectivity index (χ1n) is 7.50. The van der Waals surface area contributed by atoms with E-state index in [1.807, 2.05) is 0 Å². The highest BCUT2D eigenvalue weighted by Gasteiger charge is 2.31. The SMILES string of the molecule is O=C(c1ccccc1)C(C(=O)c1ccccc1)n1cc(Cl)cnc1=O. The van der Waals surface area contributed by atoms with E-state index in [1.54, 1.807) is 60.7 Å². The Hall–Kier alpha value is -3.05. The van der Waals surface area contributed by atoms with Gasteiger partial charge in [0.25, 0.3) is 0 Å². The van der Waals surface area contributed by atoms with E-state index in [1.165, 1.54) is 12.4 Å². The molecule has 5 nitrogen and oxygen atoms in total. The van der Waals surface area contributed by atoms with Crippen molar-refractivity contribution in [2.75, 3.05) is 0 Å². The number of Topliss-reactive ketones (excluding diaryl/α,β-unsaturated/α-hetero) is 2. The van der Waals surface area contributed by atoms with Crippen molar-refractivity contribution in [3.63, 3.8) is 0 Å². The van der Waals surface area contributed by atoms with Gasteiger partial charge >= 0.3 is 5.69 Å². The van der Waals surface area contributed by atoms with Crippen molar-refractivity contribution in [1.29, 1.82) is 0 Å². The lowest BCUT2D eigenvalue weighted by Gasteiger charge is -2.17. The summed E-state index contributed by atoms with van der Waals surface area (Å²) >= 11 is 5.92. The first-order chi connectivity index (χ1) is 12.1. The van der Waals surface area contributed by atoms with E-state index < -0.39 is 23.3 Å². The maximum absolute atomic E-state index is 13.0. The topological polar surface area (TPSA) is 69.0 Å². The molecule has 0 atom stereocenters. The maximum Gasteiger partial charge on any atom is 0.348 e. The second-order valence-electron chi connectivity index (χ2n) is 5.33. The molecule has 0 aliphatic carbocycles. The molecule has 0 radical (unpaired) electrons. The summed E-state index contributed by atoms with van der Waals surface area (Å²) in [7, 11) is 0. The number of halogens is 1. The van der Waals surface area contributed by atoms with Crippen LogP contribution in [0.4, 0.5) is 0 Å². The van der Waals surface area contributed by atoms with E-state index in [0.29, 0.717) is 11.1 Å². The largest absolute Gasteiger partial charge is 0.348 e. The minimum absolute atomic E-state index is 0.159. The Kier molecular flexibility index (Phi) is 4.86. The third-order valence-electron chi connectivity index (χ3n) is 3.67. The van der Waals surface area contributed by atoms with Crippen molar-refractivity contribution < 1.29 is 9.59 Å². The molecule has 0 spiro atoms. The Morgan fingerprint density at radius 3 is 1.84 bits per heavy atom. The smallest absolute Gasteiger partial charge is 0.291 e. The van der Waals surface area contributed by atoms with E-state index in [0.717, 1.165) is 4.57 Å². The summed E-state index contributed by atoms with van der Waals surface area (Å²) in [6.07, 6.45) is 2.43. The second kappa shape index (κ2) is 7.23. The molecule has 0 bridgehead atoms. The summed E-state index contributed by atoms with van der Waals surface area (Å²) in [6.45, 7) is 0. The molecule has 25 heavy (non-hydrogen) atoms. The maximum atomic E-state index is 13.0. The summed E-state index contributed by atoms with van der Waals surface area (Å²) in [6, 6.07) is 15.3. The zero-order valence-corrected chi connectivity index (χ0v) is 13.8. The lowest BCUT2D eigenvalue weighted by atomic mass is 9.96. The zero-order valence-electron chi connectivity index (χ0n) is 13.0. The van der Waals surface area contributed by atoms with E-state index >= 15 is 0 Å². The lowest BCUT2D eigenvalue weighted by molar-refractivity contribution is 0.0811. The van der Waals surface area contributed by atoms with Gasteiger partial charge in [-0.1, -0.05) is 72.3 Å². The zero-order chi connectivity index (χ0) is 17.8. The summed E-state index contributed by atoms with van der Waals surface area (Å²) in [5, 5.41) is 0.159. The van der Waals surface area contributed by atoms with Crippen molar-refractivity contribution in [3.05, 3.63) is 99.7 Å². The standard InChI is InChI=1S/C19H13ClN2O3/c20-15-11-21-19(25)22(12-15)16(17(23)13-7-3-1-4-8-13)18(24)14-9-5-2-6-10-14/h1-12,16H. The first-order valence-corrected chi connectivity index (χ1v) is 7.88. The molecule has 1 heterocycles. The Labute approximate surface area is 148 Å². The van der Waals surface area contributed by atoms with Crippen LogP contribution >= 0.6 is 11.6 Å². The number of rotatable bonds is 5. The molecule has 3 aromatic rings. The molecule has 0 N–H and O–H groups in total. The molecule has 0 saturated heterocycles. The Bertz CT molecular complexity index is 917. The molecule has 6 heteroatoms. The van der Waals surface area contributed by atoms with Gasteiger partial charge < -0.3 is 0 Å². The van der Waals surface area contributed by atoms with Crippen LogP contribution in [-0.4, -0.2) is 21.1 Å². The predicted octanol–water partition coefficient (Wildman–Crippen LogP) is 3.20. The second-order valence-corrected chi connectivity index (χ2v) is 5.76. The van der Waals surface area contributed by atoms with Crippen LogP contribution in [0.25, 0.3) is 0 Å². The van der Waals surface area contributed by atoms with Gasteiger partial charge in [-0.3, -0.25) is 14.2 Å². The number of hydrogen-bond donors (Lipinski definition) is 0. The predicted molar refractivity (Wildman–Crippen MR) is 94.1 cm³/mol. The van der Waals surface area contributed by atoms with Crippen LogP contribution in [0.2, 0.25) is 5.02 Å². The van der Waals surface area contributed by atoms with Crippen LogP contribution in [0.3, 0.4) is 0 Å². The monoisotopic (exact) mass is 352 g/mol. The van der Waals surface area contributed by atoms with Crippen LogP contribution in [-0.2, 0) is 0 Å². The van der Waals surface area contributed by atoms with Gasteiger partial charge in [-0.15, -0.1) is 0 Å². The van der Waals surface area contributed by atoms with E-state index in [-0.39, 0.29) is 5.02 Å². The lowest BCUT2D eigenvalue weighted by Crippen LogP contribution is -2.36. The molecule has 0 saturated carbocycles. The van der Waals surface area contributed by atoms with Gasteiger partial charge in [-0.2, -0.15) is 4.98 Å². The highest BCUT2D eigenvalue weighted by atomic mass is 35.5. The molecule has 2 aromatic carbocycles. The fourth-order valence-electron chi connectivity index (χ4n) is 2.48. The molecule has 0 aliphatic rings.